The number of rotatable bonds is 5. The van der Waals surface area contributed by atoms with Crippen LogP contribution >= 0.6 is 11.3 Å². The first kappa shape index (κ1) is 17.0. The molecule has 2 aromatic rings. The minimum Gasteiger partial charge on any atom is -0.481 e. The molecule has 4 nitrogen and oxygen atoms in total. The van der Waals surface area contributed by atoms with Gasteiger partial charge in [-0.05, 0) is 55.0 Å². The molecule has 1 saturated heterocycles. The molecule has 1 aromatic carbocycles. The van der Waals surface area contributed by atoms with Crippen LogP contribution in [0.1, 0.15) is 38.2 Å². The molecule has 24 heavy (non-hydrogen) atoms. The largest absolute Gasteiger partial charge is 0.481 e. The third kappa shape index (κ3) is 3.61. The Hall–Kier alpha value is -1.88. The third-order valence-electron chi connectivity index (χ3n) is 4.95. The molecule has 0 bridgehead atoms. The Morgan fingerprint density at radius 1 is 1.29 bits per heavy atom. The topological polar surface area (TPSA) is 57.6 Å². The van der Waals surface area contributed by atoms with Crippen LogP contribution in [0.3, 0.4) is 0 Å². The molecule has 128 valence electrons. The number of aryl methyl sites for hydroxylation is 1. The van der Waals surface area contributed by atoms with Crippen LogP contribution in [0.2, 0.25) is 0 Å². The Morgan fingerprint density at radius 3 is 2.88 bits per heavy atom. The number of carboxylic acid groups (broad SMARTS) is 1. The molecule has 3 rings (SSSR count). The number of amides is 1. The van der Waals surface area contributed by atoms with Gasteiger partial charge in [-0.25, -0.2) is 0 Å². The zero-order valence-electron chi connectivity index (χ0n) is 13.9. The van der Waals surface area contributed by atoms with Gasteiger partial charge in [-0.3, -0.25) is 9.59 Å². The smallest absolute Gasteiger partial charge is 0.308 e. The summed E-state index contributed by atoms with van der Waals surface area (Å²) in [6.45, 7) is 2.37. The van der Waals surface area contributed by atoms with E-state index < -0.39 is 11.9 Å². The number of carboxylic acids is 1. The van der Waals surface area contributed by atoms with Crippen molar-refractivity contribution < 1.29 is 14.7 Å². The molecule has 2 unspecified atom stereocenters. The van der Waals surface area contributed by atoms with Crippen molar-refractivity contribution in [1.29, 1.82) is 0 Å². The van der Waals surface area contributed by atoms with Crippen LogP contribution in [0.25, 0.3) is 10.1 Å². The second-order valence-electron chi connectivity index (χ2n) is 6.62. The van der Waals surface area contributed by atoms with Crippen molar-refractivity contribution in [3.63, 3.8) is 0 Å². The first-order chi connectivity index (χ1) is 11.6. The fourth-order valence-corrected chi connectivity index (χ4v) is 4.45. The van der Waals surface area contributed by atoms with Crippen molar-refractivity contribution in [3.8, 4) is 0 Å². The number of hydrogen-bond donors (Lipinski definition) is 1. The van der Waals surface area contributed by atoms with Crippen LogP contribution in [-0.4, -0.2) is 34.5 Å². The summed E-state index contributed by atoms with van der Waals surface area (Å²) in [5, 5.41) is 12.7. The summed E-state index contributed by atoms with van der Waals surface area (Å²) in [4.78, 5) is 25.5. The molecular weight excluding hydrogens is 322 g/mol. The minimum absolute atomic E-state index is 0.0907. The van der Waals surface area contributed by atoms with Gasteiger partial charge in [0.15, 0.2) is 0 Å². The number of piperidine rings is 1. The zero-order valence-corrected chi connectivity index (χ0v) is 14.7. The molecule has 5 heteroatoms. The SMILES string of the molecule is CC1CCC(C(=O)O)CN1C(=O)CCCc1csc2ccccc12. The minimum atomic E-state index is -0.788. The maximum absolute atomic E-state index is 12.5. The Bertz CT molecular complexity index is 739. The van der Waals surface area contributed by atoms with Gasteiger partial charge in [-0.15, -0.1) is 11.3 Å². The van der Waals surface area contributed by atoms with Gasteiger partial charge in [0, 0.05) is 23.7 Å². The van der Waals surface area contributed by atoms with Gasteiger partial charge in [-0.1, -0.05) is 18.2 Å². The van der Waals surface area contributed by atoms with Gasteiger partial charge in [-0.2, -0.15) is 0 Å². The lowest BCUT2D eigenvalue weighted by atomic mass is 9.93. The maximum atomic E-state index is 12.5. The van der Waals surface area contributed by atoms with Crippen molar-refractivity contribution in [2.75, 3.05) is 6.54 Å². The van der Waals surface area contributed by atoms with E-state index in [2.05, 4.69) is 17.5 Å². The molecule has 1 amide bonds. The van der Waals surface area contributed by atoms with Crippen LogP contribution < -0.4 is 0 Å². The molecule has 0 aliphatic carbocycles. The molecule has 1 aromatic heterocycles. The molecule has 2 heterocycles. The van der Waals surface area contributed by atoms with Crippen LogP contribution in [0, 0.1) is 5.92 Å². The standard InChI is InChI=1S/C19H23NO3S/c1-13-9-10-14(19(22)23)11-20(13)18(21)8-4-5-15-12-24-17-7-3-2-6-16(15)17/h2-3,6-7,12-14H,4-5,8-11H2,1H3,(H,22,23). The third-order valence-corrected chi connectivity index (χ3v) is 5.96. The van der Waals surface area contributed by atoms with E-state index in [4.69, 9.17) is 0 Å². The Morgan fingerprint density at radius 2 is 2.08 bits per heavy atom. The van der Waals surface area contributed by atoms with E-state index in [1.165, 1.54) is 15.6 Å². The number of aliphatic carboxylic acids is 1. The van der Waals surface area contributed by atoms with E-state index in [1.54, 1.807) is 16.2 Å². The molecule has 1 aliphatic rings. The molecule has 1 N–H and O–H groups in total. The fourth-order valence-electron chi connectivity index (χ4n) is 3.46. The highest BCUT2D eigenvalue weighted by atomic mass is 32.1. The number of carbonyl (C=O) groups is 2. The van der Waals surface area contributed by atoms with Gasteiger partial charge < -0.3 is 10.0 Å². The average molecular weight is 345 g/mol. The Labute approximate surface area is 146 Å². The predicted octanol–water partition coefficient (Wildman–Crippen LogP) is 3.94. The monoisotopic (exact) mass is 345 g/mol. The number of likely N-dealkylation sites (tertiary alicyclic amines) is 1. The van der Waals surface area contributed by atoms with E-state index in [0.29, 0.717) is 19.4 Å². The predicted molar refractivity (Wildman–Crippen MR) is 96.3 cm³/mol. The van der Waals surface area contributed by atoms with Crippen molar-refractivity contribution in [2.24, 2.45) is 5.92 Å². The number of thiophene rings is 1. The van der Waals surface area contributed by atoms with Gasteiger partial charge in [0.2, 0.25) is 5.91 Å². The number of fused-ring (bicyclic) bond motifs is 1. The molecule has 1 fully saturated rings. The van der Waals surface area contributed by atoms with Crippen LogP contribution in [0.5, 0.6) is 0 Å². The summed E-state index contributed by atoms with van der Waals surface area (Å²) in [5.74, 6) is -1.11. The lowest BCUT2D eigenvalue weighted by molar-refractivity contribution is -0.147. The van der Waals surface area contributed by atoms with Crippen molar-refractivity contribution in [3.05, 3.63) is 35.2 Å². The molecule has 0 saturated carbocycles. The molecular formula is C19H23NO3S. The van der Waals surface area contributed by atoms with Gasteiger partial charge in [0.05, 0.1) is 5.92 Å². The Balaban J connectivity index is 1.56. The lowest BCUT2D eigenvalue weighted by Gasteiger charge is -2.36. The van der Waals surface area contributed by atoms with Crippen LogP contribution in [0.15, 0.2) is 29.6 Å². The second-order valence-corrected chi connectivity index (χ2v) is 7.53. The van der Waals surface area contributed by atoms with Crippen LogP contribution in [0.4, 0.5) is 0 Å². The van der Waals surface area contributed by atoms with Gasteiger partial charge >= 0.3 is 5.97 Å². The highest BCUT2D eigenvalue weighted by Gasteiger charge is 2.32. The summed E-state index contributed by atoms with van der Waals surface area (Å²) in [5.41, 5.74) is 1.30. The molecule has 0 radical (unpaired) electrons. The van der Waals surface area contributed by atoms with Crippen molar-refractivity contribution in [1.82, 2.24) is 4.90 Å². The normalized spacial score (nSPS) is 21.1. The highest BCUT2D eigenvalue weighted by molar-refractivity contribution is 7.17. The van der Waals surface area contributed by atoms with Gasteiger partial charge in [0.25, 0.3) is 0 Å². The molecule has 2 atom stereocenters. The average Bonchev–Trinajstić information content (AvgIpc) is 2.98. The van der Waals surface area contributed by atoms with Gasteiger partial charge in [0.1, 0.15) is 0 Å². The number of benzene rings is 1. The summed E-state index contributed by atoms with van der Waals surface area (Å²) in [6, 6.07) is 8.49. The van der Waals surface area contributed by atoms with E-state index in [1.807, 2.05) is 19.1 Å². The summed E-state index contributed by atoms with van der Waals surface area (Å²) >= 11 is 1.74. The van der Waals surface area contributed by atoms with Crippen LogP contribution in [-0.2, 0) is 16.0 Å². The summed E-state index contributed by atoms with van der Waals surface area (Å²) in [7, 11) is 0. The first-order valence-corrected chi connectivity index (χ1v) is 9.41. The molecule has 0 spiro atoms. The van der Waals surface area contributed by atoms with Crippen molar-refractivity contribution >= 4 is 33.3 Å². The quantitative estimate of drug-likeness (QED) is 0.893. The summed E-state index contributed by atoms with van der Waals surface area (Å²) < 4.78 is 1.28. The van der Waals surface area contributed by atoms with E-state index in [0.717, 1.165) is 19.3 Å². The number of hydrogen-bond acceptors (Lipinski definition) is 3. The zero-order chi connectivity index (χ0) is 17.1. The van der Waals surface area contributed by atoms with Crippen molar-refractivity contribution in [2.45, 2.75) is 45.1 Å². The van der Waals surface area contributed by atoms with E-state index >= 15 is 0 Å². The summed E-state index contributed by atoms with van der Waals surface area (Å²) in [6.07, 6.45) is 3.63. The number of nitrogens with zero attached hydrogens (tertiary/aromatic N) is 1. The van der Waals surface area contributed by atoms with E-state index in [9.17, 15) is 14.7 Å². The number of carbonyl (C=O) groups excluding carboxylic acids is 1. The maximum Gasteiger partial charge on any atom is 0.308 e. The lowest BCUT2D eigenvalue weighted by Crippen LogP contribution is -2.47. The molecule has 1 aliphatic heterocycles. The fraction of sp³-hybridized carbons (Fsp3) is 0.474. The highest BCUT2D eigenvalue weighted by Crippen LogP contribution is 2.27. The first-order valence-electron chi connectivity index (χ1n) is 8.53. The van der Waals surface area contributed by atoms with E-state index in [-0.39, 0.29) is 11.9 Å². The second kappa shape index (κ2) is 7.34. The Kier molecular flexibility index (Phi) is 5.19.